The lowest BCUT2D eigenvalue weighted by Crippen LogP contribution is -2.30. The van der Waals surface area contributed by atoms with Crippen LogP contribution in [0.2, 0.25) is 0 Å². The van der Waals surface area contributed by atoms with Crippen LogP contribution in [0.15, 0.2) is 24.3 Å². The number of nitrogens with zero attached hydrogens (tertiary/aromatic N) is 1. The number of nitrogens with one attached hydrogen (secondary N) is 1. The third kappa shape index (κ3) is 3.52. The molecule has 1 fully saturated rings. The number of hydrogen-bond acceptors (Lipinski definition) is 4. The summed E-state index contributed by atoms with van der Waals surface area (Å²) in [5.74, 6) is 0.215. The molecule has 1 aromatic heterocycles. The Kier molecular flexibility index (Phi) is 4.10. The van der Waals surface area contributed by atoms with Crippen LogP contribution in [-0.4, -0.2) is 37.4 Å². The molecule has 0 radical (unpaired) electrons. The van der Waals surface area contributed by atoms with Gasteiger partial charge in [-0.1, -0.05) is 12.1 Å². The molecule has 0 bridgehead atoms. The van der Waals surface area contributed by atoms with Crippen LogP contribution < -0.4 is 5.32 Å². The summed E-state index contributed by atoms with van der Waals surface area (Å²) in [5, 5.41) is 3.78. The number of carbonyl (C=O) groups excluding carboxylic acids is 1. The Morgan fingerprint density at radius 3 is 2.78 bits per heavy atom. The van der Waals surface area contributed by atoms with Crippen molar-refractivity contribution in [1.29, 1.82) is 0 Å². The molecule has 122 valence electrons. The molecule has 2 aromatic rings. The second-order valence-electron chi connectivity index (χ2n) is 6.30. The van der Waals surface area contributed by atoms with Gasteiger partial charge in [0.05, 0.1) is 28.3 Å². The standard InChI is InChI=1S/C17H20N2O3S/c1-11-3-4-14-8-15(12(2)19-16(14)7-11)17(20)18-9-13-5-6-23(21,22)10-13/h3-4,7-8,13H,5-6,9-10H2,1-2H3,(H,18,20)/t13-/m1/s1. The van der Waals surface area contributed by atoms with Gasteiger partial charge in [-0.25, -0.2) is 8.42 Å². The molecule has 1 aliphatic heterocycles. The molecule has 0 spiro atoms. The number of benzene rings is 1. The van der Waals surface area contributed by atoms with Crippen LogP contribution in [0, 0.1) is 19.8 Å². The molecule has 1 atom stereocenters. The van der Waals surface area contributed by atoms with Crippen LogP contribution in [0.5, 0.6) is 0 Å². The highest BCUT2D eigenvalue weighted by Gasteiger charge is 2.28. The van der Waals surface area contributed by atoms with Crippen molar-refractivity contribution in [2.45, 2.75) is 20.3 Å². The van der Waals surface area contributed by atoms with Gasteiger partial charge in [-0.05, 0) is 43.9 Å². The Bertz CT molecular complexity index is 875. The minimum absolute atomic E-state index is 0.0142. The number of aromatic nitrogens is 1. The second-order valence-corrected chi connectivity index (χ2v) is 8.53. The van der Waals surface area contributed by atoms with E-state index in [0.29, 0.717) is 24.2 Å². The maximum atomic E-state index is 12.4. The number of carbonyl (C=O) groups is 1. The number of sulfone groups is 1. The smallest absolute Gasteiger partial charge is 0.253 e. The molecule has 0 saturated carbocycles. The molecule has 1 saturated heterocycles. The summed E-state index contributed by atoms with van der Waals surface area (Å²) in [6, 6.07) is 7.78. The van der Waals surface area contributed by atoms with Crippen molar-refractivity contribution >= 4 is 26.6 Å². The molecule has 1 amide bonds. The molecule has 0 unspecified atom stereocenters. The van der Waals surface area contributed by atoms with Crippen LogP contribution in [0.3, 0.4) is 0 Å². The van der Waals surface area contributed by atoms with Crippen LogP contribution >= 0.6 is 0 Å². The number of hydrogen-bond donors (Lipinski definition) is 1. The van der Waals surface area contributed by atoms with Gasteiger partial charge in [0.1, 0.15) is 0 Å². The van der Waals surface area contributed by atoms with E-state index in [4.69, 9.17) is 0 Å². The number of pyridine rings is 1. The Balaban J connectivity index is 1.76. The molecule has 3 rings (SSSR count). The minimum Gasteiger partial charge on any atom is -0.352 e. The number of rotatable bonds is 3. The molecule has 23 heavy (non-hydrogen) atoms. The van der Waals surface area contributed by atoms with Gasteiger partial charge in [0.25, 0.3) is 5.91 Å². The van der Waals surface area contributed by atoms with Crippen LogP contribution in [0.1, 0.15) is 28.0 Å². The SMILES string of the molecule is Cc1ccc2cc(C(=O)NC[C@H]3CCS(=O)(=O)C3)c(C)nc2c1. The van der Waals surface area contributed by atoms with Crippen molar-refractivity contribution in [3.8, 4) is 0 Å². The summed E-state index contributed by atoms with van der Waals surface area (Å²) in [6.45, 7) is 4.22. The average molecular weight is 332 g/mol. The first-order valence-electron chi connectivity index (χ1n) is 7.71. The van der Waals surface area contributed by atoms with Crippen molar-refractivity contribution < 1.29 is 13.2 Å². The van der Waals surface area contributed by atoms with E-state index in [0.717, 1.165) is 16.5 Å². The molecule has 6 heteroatoms. The highest BCUT2D eigenvalue weighted by molar-refractivity contribution is 7.91. The summed E-state index contributed by atoms with van der Waals surface area (Å²) < 4.78 is 22.9. The lowest BCUT2D eigenvalue weighted by atomic mass is 10.1. The van der Waals surface area contributed by atoms with Crippen molar-refractivity contribution in [2.24, 2.45) is 5.92 Å². The molecular weight excluding hydrogens is 312 g/mol. The van der Waals surface area contributed by atoms with Gasteiger partial charge in [0.15, 0.2) is 9.84 Å². The number of amides is 1. The Morgan fingerprint density at radius 1 is 1.30 bits per heavy atom. The van der Waals surface area contributed by atoms with E-state index >= 15 is 0 Å². The van der Waals surface area contributed by atoms with Crippen molar-refractivity contribution in [1.82, 2.24) is 10.3 Å². The number of aryl methyl sites for hydroxylation is 2. The number of fused-ring (bicyclic) bond motifs is 1. The summed E-state index contributed by atoms with van der Waals surface area (Å²) in [6.07, 6.45) is 0.622. The quantitative estimate of drug-likeness (QED) is 0.933. The summed E-state index contributed by atoms with van der Waals surface area (Å²) in [7, 11) is -2.91. The monoisotopic (exact) mass is 332 g/mol. The van der Waals surface area contributed by atoms with Gasteiger partial charge in [0, 0.05) is 11.9 Å². The molecule has 1 aromatic carbocycles. The normalized spacial score (nSPS) is 19.8. The zero-order valence-corrected chi connectivity index (χ0v) is 14.1. The topological polar surface area (TPSA) is 76.1 Å². The fraction of sp³-hybridized carbons (Fsp3) is 0.412. The van der Waals surface area contributed by atoms with Gasteiger partial charge < -0.3 is 5.32 Å². The predicted octanol–water partition coefficient (Wildman–Crippen LogP) is 2.02. The highest BCUT2D eigenvalue weighted by atomic mass is 32.2. The fourth-order valence-electron chi connectivity index (χ4n) is 2.97. The van der Waals surface area contributed by atoms with E-state index in [1.807, 2.05) is 38.1 Å². The van der Waals surface area contributed by atoms with Crippen molar-refractivity contribution in [3.05, 3.63) is 41.1 Å². The van der Waals surface area contributed by atoms with Gasteiger partial charge in [0.2, 0.25) is 0 Å². The molecule has 1 N–H and O–H groups in total. The maximum Gasteiger partial charge on any atom is 0.253 e. The van der Waals surface area contributed by atoms with Gasteiger partial charge >= 0.3 is 0 Å². The second kappa shape index (κ2) is 5.92. The lowest BCUT2D eigenvalue weighted by Gasteiger charge is -2.12. The third-order valence-corrected chi connectivity index (χ3v) is 6.12. The first-order valence-corrected chi connectivity index (χ1v) is 9.53. The molecule has 1 aliphatic rings. The Morgan fingerprint density at radius 2 is 2.09 bits per heavy atom. The zero-order chi connectivity index (χ0) is 16.6. The predicted molar refractivity (Wildman–Crippen MR) is 90.3 cm³/mol. The fourth-order valence-corrected chi connectivity index (χ4v) is 4.83. The average Bonchev–Trinajstić information content (AvgIpc) is 2.83. The first-order chi connectivity index (χ1) is 10.8. The van der Waals surface area contributed by atoms with E-state index in [1.54, 1.807) is 0 Å². The van der Waals surface area contributed by atoms with Crippen LogP contribution in [-0.2, 0) is 9.84 Å². The van der Waals surface area contributed by atoms with E-state index in [-0.39, 0.29) is 23.3 Å². The van der Waals surface area contributed by atoms with Crippen molar-refractivity contribution in [2.75, 3.05) is 18.1 Å². The first kappa shape index (κ1) is 15.9. The molecular formula is C17H20N2O3S. The highest BCUT2D eigenvalue weighted by Crippen LogP contribution is 2.19. The minimum atomic E-state index is -2.91. The Hall–Kier alpha value is -1.95. The molecule has 0 aliphatic carbocycles. The Labute approximate surface area is 136 Å². The van der Waals surface area contributed by atoms with Gasteiger partial charge in [-0.3, -0.25) is 9.78 Å². The summed E-state index contributed by atoms with van der Waals surface area (Å²) in [5.41, 5.74) is 3.23. The summed E-state index contributed by atoms with van der Waals surface area (Å²) in [4.78, 5) is 16.9. The largest absolute Gasteiger partial charge is 0.352 e. The lowest BCUT2D eigenvalue weighted by molar-refractivity contribution is 0.0947. The van der Waals surface area contributed by atoms with E-state index in [9.17, 15) is 13.2 Å². The van der Waals surface area contributed by atoms with Crippen LogP contribution in [0.25, 0.3) is 10.9 Å². The molecule has 2 heterocycles. The maximum absolute atomic E-state index is 12.4. The van der Waals surface area contributed by atoms with Crippen LogP contribution in [0.4, 0.5) is 0 Å². The van der Waals surface area contributed by atoms with Gasteiger partial charge in [-0.2, -0.15) is 0 Å². The van der Waals surface area contributed by atoms with Crippen molar-refractivity contribution in [3.63, 3.8) is 0 Å². The van der Waals surface area contributed by atoms with E-state index in [2.05, 4.69) is 10.3 Å². The van der Waals surface area contributed by atoms with E-state index < -0.39 is 9.84 Å². The third-order valence-electron chi connectivity index (χ3n) is 4.29. The molecule has 5 nitrogen and oxygen atoms in total. The summed E-state index contributed by atoms with van der Waals surface area (Å²) >= 11 is 0. The van der Waals surface area contributed by atoms with E-state index in [1.165, 1.54) is 0 Å². The zero-order valence-electron chi connectivity index (χ0n) is 13.3. The van der Waals surface area contributed by atoms with Gasteiger partial charge in [-0.15, -0.1) is 0 Å².